The molecule has 1 aliphatic rings. The lowest BCUT2D eigenvalue weighted by molar-refractivity contribution is 0.750. The molecule has 0 amide bonds. The van der Waals surface area contributed by atoms with Gasteiger partial charge in [-0.15, -0.1) is 0 Å². The molecule has 0 radical (unpaired) electrons. The molecule has 14 heavy (non-hydrogen) atoms. The van der Waals surface area contributed by atoms with Crippen LogP contribution in [0.5, 0.6) is 0 Å². The standard InChI is InChI=1S/C9H13ClN4/c10-7-8(11)12-5-13-9(7)14-6-3-1-2-4-6/h5-6H,1-4H2,(H3,11,12,13,14). The summed E-state index contributed by atoms with van der Waals surface area (Å²) in [5.74, 6) is 0.994. The van der Waals surface area contributed by atoms with Gasteiger partial charge in [0.2, 0.25) is 0 Å². The van der Waals surface area contributed by atoms with Crippen LogP contribution in [0.1, 0.15) is 25.7 Å². The van der Waals surface area contributed by atoms with Crippen LogP contribution in [0.4, 0.5) is 11.6 Å². The van der Waals surface area contributed by atoms with E-state index in [1.54, 1.807) is 0 Å². The van der Waals surface area contributed by atoms with Crippen LogP contribution in [0.2, 0.25) is 5.02 Å². The van der Waals surface area contributed by atoms with Crippen LogP contribution in [0, 0.1) is 0 Å². The predicted molar refractivity (Wildman–Crippen MR) is 57.3 cm³/mol. The zero-order chi connectivity index (χ0) is 9.97. The second kappa shape index (κ2) is 4.00. The van der Waals surface area contributed by atoms with Crippen molar-refractivity contribution in [2.45, 2.75) is 31.7 Å². The minimum Gasteiger partial charge on any atom is -0.382 e. The quantitative estimate of drug-likeness (QED) is 0.788. The molecule has 2 rings (SSSR count). The normalized spacial score (nSPS) is 17.2. The monoisotopic (exact) mass is 212 g/mol. The van der Waals surface area contributed by atoms with Gasteiger partial charge < -0.3 is 11.1 Å². The molecule has 0 aliphatic heterocycles. The zero-order valence-electron chi connectivity index (χ0n) is 7.83. The molecule has 0 aromatic carbocycles. The second-order valence-electron chi connectivity index (χ2n) is 3.55. The highest BCUT2D eigenvalue weighted by molar-refractivity contribution is 6.35. The third kappa shape index (κ3) is 1.90. The molecular formula is C9H13ClN4. The molecule has 1 saturated carbocycles. The molecule has 1 aromatic rings. The van der Waals surface area contributed by atoms with E-state index < -0.39 is 0 Å². The first kappa shape index (κ1) is 9.52. The average molecular weight is 213 g/mol. The Bertz CT molecular complexity index is 323. The van der Waals surface area contributed by atoms with Gasteiger partial charge in [0.15, 0.2) is 5.82 Å². The molecule has 0 atom stereocenters. The smallest absolute Gasteiger partial charge is 0.150 e. The fraction of sp³-hybridized carbons (Fsp3) is 0.556. The zero-order valence-corrected chi connectivity index (χ0v) is 8.59. The second-order valence-corrected chi connectivity index (χ2v) is 3.93. The topological polar surface area (TPSA) is 63.8 Å². The summed E-state index contributed by atoms with van der Waals surface area (Å²) in [4.78, 5) is 7.88. The summed E-state index contributed by atoms with van der Waals surface area (Å²) >= 11 is 5.96. The van der Waals surface area contributed by atoms with E-state index in [1.165, 1.54) is 32.0 Å². The summed E-state index contributed by atoms with van der Waals surface area (Å²) in [6.07, 6.45) is 6.34. The Morgan fingerprint density at radius 3 is 2.79 bits per heavy atom. The average Bonchev–Trinajstić information content (AvgIpc) is 2.66. The summed E-state index contributed by atoms with van der Waals surface area (Å²) in [6, 6.07) is 0.488. The van der Waals surface area contributed by atoms with E-state index in [4.69, 9.17) is 17.3 Å². The molecule has 0 unspecified atom stereocenters. The first-order valence-corrected chi connectivity index (χ1v) is 5.17. The van der Waals surface area contributed by atoms with Crippen molar-refractivity contribution >= 4 is 23.2 Å². The number of nitrogens with zero attached hydrogens (tertiary/aromatic N) is 2. The molecule has 0 saturated heterocycles. The first-order valence-electron chi connectivity index (χ1n) is 4.80. The Hall–Kier alpha value is -1.03. The van der Waals surface area contributed by atoms with Crippen LogP contribution in [-0.2, 0) is 0 Å². The molecule has 76 valence electrons. The maximum Gasteiger partial charge on any atom is 0.150 e. The molecule has 0 bridgehead atoms. The van der Waals surface area contributed by atoms with Gasteiger partial charge in [0.05, 0.1) is 0 Å². The van der Waals surface area contributed by atoms with Crippen LogP contribution in [-0.4, -0.2) is 16.0 Å². The van der Waals surface area contributed by atoms with Crippen molar-refractivity contribution in [3.8, 4) is 0 Å². The summed E-state index contributed by atoms with van der Waals surface area (Å²) in [7, 11) is 0. The Balaban J connectivity index is 2.11. The number of halogens is 1. The van der Waals surface area contributed by atoms with Crippen molar-refractivity contribution in [3.05, 3.63) is 11.3 Å². The first-order chi connectivity index (χ1) is 6.77. The summed E-state index contributed by atoms with van der Waals surface area (Å²) < 4.78 is 0. The van der Waals surface area contributed by atoms with Gasteiger partial charge >= 0.3 is 0 Å². The molecule has 1 aromatic heterocycles. The van der Waals surface area contributed by atoms with Gasteiger partial charge in [-0.1, -0.05) is 24.4 Å². The molecule has 3 N–H and O–H groups in total. The van der Waals surface area contributed by atoms with Crippen LogP contribution in [0.15, 0.2) is 6.33 Å². The van der Waals surface area contributed by atoms with Gasteiger partial charge in [-0.3, -0.25) is 0 Å². The van der Waals surface area contributed by atoms with Crippen molar-refractivity contribution in [3.63, 3.8) is 0 Å². The molecule has 4 nitrogen and oxygen atoms in total. The lowest BCUT2D eigenvalue weighted by atomic mass is 10.2. The number of nitrogen functional groups attached to an aromatic ring is 1. The number of hydrogen-bond acceptors (Lipinski definition) is 4. The van der Waals surface area contributed by atoms with E-state index >= 15 is 0 Å². The molecule has 0 spiro atoms. The molecule has 5 heteroatoms. The highest BCUT2D eigenvalue weighted by Crippen LogP contribution is 2.27. The fourth-order valence-corrected chi connectivity index (χ4v) is 1.90. The van der Waals surface area contributed by atoms with Crippen molar-refractivity contribution < 1.29 is 0 Å². The summed E-state index contributed by atoms with van der Waals surface area (Å²) in [6.45, 7) is 0. The van der Waals surface area contributed by atoms with E-state index in [2.05, 4.69) is 15.3 Å². The SMILES string of the molecule is Nc1ncnc(NC2CCCC2)c1Cl. The minimum absolute atomic E-state index is 0.335. The summed E-state index contributed by atoms with van der Waals surface area (Å²) in [5, 5.41) is 3.72. The van der Waals surface area contributed by atoms with Crippen molar-refractivity contribution in [2.75, 3.05) is 11.1 Å². The molecule has 1 heterocycles. The highest BCUT2D eigenvalue weighted by Gasteiger charge is 2.16. The van der Waals surface area contributed by atoms with Gasteiger partial charge in [-0.05, 0) is 12.8 Å². The molecule has 1 aliphatic carbocycles. The van der Waals surface area contributed by atoms with E-state index in [-0.39, 0.29) is 0 Å². The maximum absolute atomic E-state index is 5.96. The maximum atomic E-state index is 5.96. The Labute approximate surface area is 87.9 Å². The van der Waals surface area contributed by atoms with E-state index in [0.29, 0.717) is 22.7 Å². The number of hydrogen-bond donors (Lipinski definition) is 2. The number of nitrogens with two attached hydrogens (primary N) is 1. The van der Waals surface area contributed by atoms with Gasteiger partial charge in [-0.2, -0.15) is 0 Å². The predicted octanol–water partition coefficient (Wildman–Crippen LogP) is 2.07. The van der Waals surface area contributed by atoms with Crippen molar-refractivity contribution in [1.29, 1.82) is 0 Å². The number of rotatable bonds is 2. The lowest BCUT2D eigenvalue weighted by Gasteiger charge is -2.13. The van der Waals surface area contributed by atoms with E-state index in [0.717, 1.165) is 0 Å². The van der Waals surface area contributed by atoms with Crippen LogP contribution < -0.4 is 11.1 Å². The van der Waals surface area contributed by atoms with Gasteiger partial charge in [0.1, 0.15) is 17.2 Å². The molecular weight excluding hydrogens is 200 g/mol. The molecule has 1 fully saturated rings. The number of anilines is 2. The Morgan fingerprint density at radius 2 is 2.07 bits per heavy atom. The van der Waals surface area contributed by atoms with Crippen molar-refractivity contribution in [1.82, 2.24) is 9.97 Å². The third-order valence-corrected chi connectivity index (χ3v) is 2.89. The fourth-order valence-electron chi connectivity index (χ4n) is 1.75. The number of aromatic nitrogens is 2. The lowest BCUT2D eigenvalue weighted by Crippen LogP contribution is -2.16. The van der Waals surface area contributed by atoms with E-state index in [9.17, 15) is 0 Å². The summed E-state index contributed by atoms with van der Waals surface area (Å²) in [5.41, 5.74) is 5.57. The van der Waals surface area contributed by atoms with Crippen molar-refractivity contribution in [2.24, 2.45) is 0 Å². The largest absolute Gasteiger partial charge is 0.382 e. The van der Waals surface area contributed by atoms with Crippen LogP contribution in [0.25, 0.3) is 0 Å². The number of nitrogens with one attached hydrogen (secondary N) is 1. The minimum atomic E-state index is 0.335. The van der Waals surface area contributed by atoms with Gasteiger partial charge in [-0.25, -0.2) is 9.97 Å². The Morgan fingerprint density at radius 1 is 1.36 bits per heavy atom. The van der Waals surface area contributed by atoms with Crippen LogP contribution in [0.3, 0.4) is 0 Å². The van der Waals surface area contributed by atoms with E-state index in [1.807, 2.05) is 0 Å². The van der Waals surface area contributed by atoms with Crippen LogP contribution >= 0.6 is 11.6 Å². The van der Waals surface area contributed by atoms with Gasteiger partial charge in [0, 0.05) is 6.04 Å². The third-order valence-electron chi connectivity index (χ3n) is 2.51. The Kier molecular flexibility index (Phi) is 2.72. The highest BCUT2D eigenvalue weighted by atomic mass is 35.5. The van der Waals surface area contributed by atoms with Gasteiger partial charge in [0.25, 0.3) is 0 Å².